The van der Waals surface area contributed by atoms with Gasteiger partial charge < -0.3 is 10.6 Å². The highest BCUT2D eigenvalue weighted by Crippen LogP contribution is 2.33. The Hall–Kier alpha value is -2.32. The van der Waals surface area contributed by atoms with Crippen molar-refractivity contribution in [2.75, 3.05) is 10.6 Å². The molecule has 0 saturated heterocycles. The quantitative estimate of drug-likeness (QED) is 0.582. The van der Waals surface area contributed by atoms with E-state index in [1.807, 2.05) is 13.0 Å². The lowest BCUT2D eigenvalue weighted by Crippen LogP contribution is -2.11. The van der Waals surface area contributed by atoms with Gasteiger partial charge in [-0.25, -0.2) is 8.78 Å². The summed E-state index contributed by atoms with van der Waals surface area (Å²) >= 11 is 2.55. The van der Waals surface area contributed by atoms with Crippen LogP contribution in [0.25, 0.3) is 0 Å². The Morgan fingerprint density at radius 3 is 2.69 bits per heavy atom. The Morgan fingerprint density at radius 1 is 1.23 bits per heavy atom. The zero-order valence-electron chi connectivity index (χ0n) is 14.2. The summed E-state index contributed by atoms with van der Waals surface area (Å²) in [6.07, 6.45) is 0. The number of para-hydroxylation sites is 1. The first kappa shape index (κ1) is 18.5. The number of hydrogen-bond acceptors (Lipinski definition) is 5. The lowest BCUT2D eigenvalue weighted by molar-refractivity contribution is 0.0182. The van der Waals surface area contributed by atoms with E-state index in [9.17, 15) is 13.6 Å². The Labute approximate surface area is 158 Å². The van der Waals surface area contributed by atoms with Gasteiger partial charge in [0.05, 0.1) is 10.6 Å². The Bertz CT molecular complexity index is 915. The zero-order chi connectivity index (χ0) is 18.7. The number of aromatic nitrogens is 1. The van der Waals surface area contributed by atoms with Gasteiger partial charge >= 0.3 is 0 Å². The number of benzene rings is 1. The monoisotopic (exact) mass is 393 g/mol. The van der Waals surface area contributed by atoms with Crippen LogP contribution in [0.15, 0.2) is 42.5 Å². The van der Waals surface area contributed by atoms with Crippen LogP contribution in [0.2, 0.25) is 0 Å². The molecule has 0 saturated carbocycles. The van der Waals surface area contributed by atoms with Gasteiger partial charge in [-0.2, -0.15) is 4.37 Å². The molecule has 26 heavy (non-hydrogen) atoms. The Morgan fingerprint density at radius 2 is 2.00 bits per heavy atom. The number of thiophene rings is 1. The standard InChI is InChI=1S/C18H17F2N3OS2/c1-11-9-16(26-23-11)22-17(24)15-8-7-12(25-15)10-21-14-6-4-3-5-13(14)18(2,19)20/h3-9,21H,10H2,1-2H3,(H,22,24). The molecule has 0 aliphatic carbocycles. The van der Waals surface area contributed by atoms with Gasteiger partial charge in [0.2, 0.25) is 0 Å². The fourth-order valence-corrected chi connectivity index (χ4v) is 3.89. The molecule has 1 aromatic carbocycles. The number of amides is 1. The van der Waals surface area contributed by atoms with Crippen molar-refractivity contribution in [1.29, 1.82) is 0 Å². The van der Waals surface area contributed by atoms with Gasteiger partial charge in [0.25, 0.3) is 11.8 Å². The normalized spacial score (nSPS) is 11.4. The topological polar surface area (TPSA) is 54.0 Å². The number of nitrogens with zero attached hydrogens (tertiary/aromatic N) is 1. The summed E-state index contributed by atoms with van der Waals surface area (Å²) in [5.41, 5.74) is 1.20. The molecule has 1 amide bonds. The molecule has 8 heteroatoms. The number of anilines is 2. The molecule has 0 aliphatic heterocycles. The van der Waals surface area contributed by atoms with Crippen LogP contribution in [-0.2, 0) is 12.5 Å². The minimum atomic E-state index is -2.92. The highest BCUT2D eigenvalue weighted by Gasteiger charge is 2.27. The number of nitrogens with one attached hydrogen (secondary N) is 2. The first-order chi connectivity index (χ1) is 12.3. The molecule has 0 spiro atoms. The zero-order valence-corrected chi connectivity index (χ0v) is 15.8. The van der Waals surface area contributed by atoms with Crippen LogP contribution in [0.1, 0.15) is 32.7 Å². The van der Waals surface area contributed by atoms with E-state index >= 15 is 0 Å². The second-order valence-corrected chi connectivity index (χ2v) is 7.81. The van der Waals surface area contributed by atoms with Gasteiger partial charge in [-0.3, -0.25) is 4.79 Å². The molecule has 2 aromatic heterocycles. The molecule has 2 N–H and O–H groups in total. The van der Waals surface area contributed by atoms with Crippen LogP contribution in [0.3, 0.4) is 0 Å². The van der Waals surface area contributed by atoms with Crippen molar-refractivity contribution in [3.8, 4) is 0 Å². The summed E-state index contributed by atoms with van der Waals surface area (Å²) in [7, 11) is 0. The van der Waals surface area contributed by atoms with Gasteiger partial charge in [0, 0.05) is 29.6 Å². The molecular formula is C18H17F2N3OS2. The average Bonchev–Trinajstić information content (AvgIpc) is 3.21. The molecule has 0 radical (unpaired) electrons. The number of carbonyl (C=O) groups excluding carboxylic acids is 1. The van der Waals surface area contributed by atoms with Crippen LogP contribution < -0.4 is 10.6 Å². The fraction of sp³-hybridized carbons (Fsp3) is 0.222. The number of carbonyl (C=O) groups is 1. The van der Waals surface area contributed by atoms with Crippen LogP contribution >= 0.6 is 22.9 Å². The highest BCUT2D eigenvalue weighted by atomic mass is 32.1. The van der Waals surface area contributed by atoms with Crippen LogP contribution in [0.5, 0.6) is 0 Å². The fourth-order valence-electron chi connectivity index (χ4n) is 2.39. The first-order valence-corrected chi connectivity index (χ1v) is 9.46. The van der Waals surface area contributed by atoms with Crippen LogP contribution in [0.4, 0.5) is 19.5 Å². The summed E-state index contributed by atoms with van der Waals surface area (Å²) in [5, 5.41) is 6.53. The summed E-state index contributed by atoms with van der Waals surface area (Å²) < 4.78 is 31.4. The molecule has 0 bridgehead atoms. The van der Waals surface area contributed by atoms with Crippen LogP contribution in [-0.4, -0.2) is 10.3 Å². The van der Waals surface area contributed by atoms with Crippen molar-refractivity contribution in [2.24, 2.45) is 0 Å². The molecule has 0 unspecified atom stereocenters. The Balaban J connectivity index is 1.65. The van der Waals surface area contributed by atoms with Crippen molar-refractivity contribution in [1.82, 2.24) is 4.37 Å². The predicted molar refractivity (Wildman–Crippen MR) is 102 cm³/mol. The third-order valence-corrected chi connectivity index (χ3v) is 5.48. The number of halogens is 2. The molecule has 3 aromatic rings. The van der Waals surface area contributed by atoms with E-state index in [0.717, 1.165) is 17.5 Å². The van der Waals surface area contributed by atoms with Gasteiger partial charge in [-0.1, -0.05) is 18.2 Å². The second-order valence-electron chi connectivity index (χ2n) is 5.84. The van der Waals surface area contributed by atoms with E-state index in [0.29, 0.717) is 22.1 Å². The summed E-state index contributed by atoms with van der Waals surface area (Å²) in [5.74, 6) is -3.12. The summed E-state index contributed by atoms with van der Waals surface area (Å²) in [6.45, 7) is 3.10. The SMILES string of the molecule is Cc1cc(NC(=O)c2ccc(CNc3ccccc3C(C)(F)F)s2)sn1. The number of aryl methyl sites for hydroxylation is 1. The molecule has 0 fully saturated rings. The van der Waals surface area contributed by atoms with Crippen molar-refractivity contribution < 1.29 is 13.6 Å². The van der Waals surface area contributed by atoms with E-state index in [1.165, 1.54) is 28.9 Å². The smallest absolute Gasteiger partial charge is 0.272 e. The van der Waals surface area contributed by atoms with Crippen molar-refractivity contribution in [3.05, 3.63) is 63.5 Å². The summed E-state index contributed by atoms with van der Waals surface area (Å²) in [4.78, 5) is 13.7. The minimum Gasteiger partial charge on any atom is -0.380 e. The maximum Gasteiger partial charge on any atom is 0.272 e. The summed E-state index contributed by atoms with van der Waals surface area (Å²) in [6, 6.07) is 11.7. The van der Waals surface area contributed by atoms with E-state index in [1.54, 1.807) is 30.3 Å². The number of alkyl halides is 2. The Kier molecular flexibility index (Phi) is 5.33. The maximum absolute atomic E-state index is 13.7. The van der Waals surface area contributed by atoms with Gasteiger partial charge in [0.1, 0.15) is 5.00 Å². The third kappa shape index (κ3) is 4.44. The van der Waals surface area contributed by atoms with Crippen LogP contribution in [0, 0.1) is 6.92 Å². The third-order valence-electron chi connectivity index (χ3n) is 3.60. The number of hydrogen-bond donors (Lipinski definition) is 2. The van der Waals surface area contributed by atoms with Crippen molar-refractivity contribution >= 4 is 39.5 Å². The average molecular weight is 393 g/mol. The molecule has 136 valence electrons. The molecular weight excluding hydrogens is 376 g/mol. The highest BCUT2D eigenvalue weighted by molar-refractivity contribution is 7.14. The van der Waals surface area contributed by atoms with Crippen molar-refractivity contribution in [2.45, 2.75) is 26.3 Å². The van der Waals surface area contributed by atoms with E-state index in [4.69, 9.17) is 0 Å². The van der Waals surface area contributed by atoms with E-state index in [2.05, 4.69) is 15.0 Å². The largest absolute Gasteiger partial charge is 0.380 e. The van der Waals surface area contributed by atoms with E-state index in [-0.39, 0.29) is 11.5 Å². The van der Waals surface area contributed by atoms with Gasteiger partial charge in [-0.15, -0.1) is 11.3 Å². The lowest BCUT2D eigenvalue weighted by atomic mass is 10.1. The van der Waals surface area contributed by atoms with E-state index < -0.39 is 5.92 Å². The van der Waals surface area contributed by atoms with Crippen molar-refractivity contribution in [3.63, 3.8) is 0 Å². The first-order valence-electron chi connectivity index (χ1n) is 7.87. The number of rotatable bonds is 6. The molecule has 3 rings (SSSR count). The molecule has 2 heterocycles. The van der Waals surface area contributed by atoms with Gasteiger partial charge in [0.15, 0.2) is 0 Å². The maximum atomic E-state index is 13.7. The molecule has 0 aliphatic rings. The predicted octanol–water partition coefficient (Wildman–Crippen LogP) is 5.49. The van der Waals surface area contributed by atoms with Gasteiger partial charge in [-0.05, 0) is 42.7 Å². The molecule has 0 atom stereocenters. The lowest BCUT2D eigenvalue weighted by Gasteiger charge is -2.16. The second kappa shape index (κ2) is 7.51. The molecule has 4 nitrogen and oxygen atoms in total. The minimum absolute atomic E-state index is 0.0462.